The highest BCUT2D eigenvalue weighted by molar-refractivity contribution is 6.42. The molecular formula is C15H18Cl2N2O2. The first-order valence-corrected chi connectivity index (χ1v) is 7.95. The number of hydrogen-bond acceptors (Lipinski definition) is 3. The highest BCUT2D eigenvalue weighted by Gasteiger charge is 2.31. The summed E-state index contributed by atoms with van der Waals surface area (Å²) in [6.07, 6.45) is 1.80. The van der Waals surface area contributed by atoms with Gasteiger partial charge in [-0.05, 0) is 30.5 Å². The van der Waals surface area contributed by atoms with Crippen molar-refractivity contribution in [2.75, 3.05) is 19.7 Å². The molecule has 1 unspecified atom stereocenters. The molecule has 1 aliphatic carbocycles. The summed E-state index contributed by atoms with van der Waals surface area (Å²) in [7, 11) is 0. The Kier molecular flexibility index (Phi) is 4.69. The van der Waals surface area contributed by atoms with E-state index in [1.54, 1.807) is 6.07 Å². The molecule has 4 nitrogen and oxygen atoms in total. The van der Waals surface area contributed by atoms with Gasteiger partial charge < -0.3 is 10.1 Å². The molecule has 0 aromatic heterocycles. The number of carbonyl (C=O) groups is 1. The number of ether oxygens (including phenoxy) is 1. The average molecular weight is 329 g/mol. The van der Waals surface area contributed by atoms with Crippen LogP contribution in [0.2, 0.25) is 10.0 Å². The normalized spacial score (nSPS) is 23.0. The Morgan fingerprint density at radius 2 is 2.14 bits per heavy atom. The van der Waals surface area contributed by atoms with Gasteiger partial charge in [-0.1, -0.05) is 29.3 Å². The number of carbonyl (C=O) groups excluding carboxylic acids is 1. The number of hydrogen-bond donors (Lipinski definition) is 1. The van der Waals surface area contributed by atoms with Gasteiger partial charge in [-0.2, -0.15) is 0 Å². The highest BCUT2D eigenvalue weighted by atomic mass is 35.5. The van der Waals surface area contributed by atoms with Crippen LogP contribution in [-0.2, 0) is 16.1 Å². The SMILES string of the molecule is O=C(NC1CC1)C1CN(Cc2ccc(Cl)c(Cl)c2)CCO1. The summed E-state index contributed by atoms with van der Waals surface area (Å²) >= 11 is 12.0. The maximum absolute atomic E-state index is 12.0. The smallest absolute Gasteiger partial charge is 0.250 e. The van der Waals surface area contributed by atoms with Gasteiger partial charge >= 0.3 is 0 Å². The van der Waals surface area contributed by atoms with Crippen molar-refractivity contribution in [1.29, 1.82) is 0 Å². The lowest BCUT2D eigenvalue weighted by Crippen LogP contribution is -2.49. The van der Waals surface area contributed by atoms with Crippen molar-refractivity contribution in [3.05, 3.63) is 33.8 Å². The molecular weight excluding hydrogens is 311 g/mol. The Balaban J connectivity index is 1.57. The second-order valence-electron chi connectivity index (χ2n) is 5.63. The summed E-state index contributed by atoms with van der Waals surface area (Å²) in [6, 6.07) is 6.00. The highest BCUT2D eigenvalue weighted by Crippen LogP contribution is 2.24. The van der Waals surface area contributed by atoms with E-state index in [0.717, 1.165) is 31.5 Å². The number of benzene rings is 1. The standard InChI is InChI=1S/C15H18Cl2N2O2/c16-12-4-1-10(7-13(12)17)8-19-5-6-21-14(9-19)15(20)18-11-2-3-11/h1,4,7,11,14H,2-3,5-6,8-9H2,(H,18,20). The van der Waals surface area contributed by atoms with Gasteiger partial charge in [-0.15, -0.1) is 0 Å². The number of halogens is 2. The largest absolute Gasteiger partial charge is 0.366 e. The number of nitrogens with one attached hydrogen (secondary N) is 1. The summed E-state index contributed by atoms with van der Waals surface area (Å²) < 4.78 is 5.58. The maximum atomic E-state index is 12.0. The molecule has 1 saturated carbocycles. The van der Waals surface area contributed by atoms with Crippen molar-refractivity contribution < 1.29 is 9.53 Å². The fourth-order valence-corrected chi connectivity index (χ4v) is 2.74. The molecule has 1 heterocycles. The summed E-state index contributed by atoms with van der Waals surface area (Å²) in [5.41, 5.74) is 1.09. The molecule has 114 valence electrons. The molecule has 21 heavy (non-hydrogen) atoms. The van der Waals surface area contributed by atoms with Gasteiger partial charge in [0.1, 0.15) is 6.10 Å². The van der Waals surface area contributed by atoms with Crippen LogP contribution < -0.4 is 5.32 Å². The van der Waals surface area contributed by atoms with E-state index in [9.17, 15) is 4.79 Å². The Morgan fingerprint density at radius 1 is 1.33 bits per heavy atom. The van der Waals surface area contributed by atoms with Crippen molar-refractivity contribution in [3.63, 3.8) is 0 Å². The third kappa shape index (κ3) is 4.10. The van der Waals surface area contributed by atoms with Crippen molar-refractivity contribution in [1.82, 2.24) is 10.2 Å². The van der Waals surface area contributed by atoms with E-state index in [1.807, 2.05) is 12.1 Å². The molecule has 1 amide bonds. The summed E-state index contributed by atoms with van der Waals surface area (Å²) in [6.45, 7) is 2.74. The van der Waals surface area contributed by atoms with E-state index in [4.69, 9.17) is 27.9 Å². The zero-order valence-corrected chi connectivity index (χ0v) is 13.2. The van der Waals surface area contributed by atoms with Crippen LogP contribution >= 0.6 is 23.2 Å². The van der Waals surface area contributed by atoms with Crippen LogP contribution in [0.25, 0.3) is 0 Å². The quantitative estimate of drug-likeness (QED) is 0.923. The van der Waals surface area contributed by atoms with Crippen molar-refractivity contribution in [2.45, 2.75) is 31.5 Å². The van der Waals surface area contributed by atoms with Gasteiger partial charge in [0.15, 0.2) is 0 Å². The monoisotopic (exact) mass is 328 g/mol. The Bertz CT molecular complexity index is 534. The van der Waals surface area contributed by atoms with Gasteiger partial charge in [0, 0.05) is 25.7 Å². The van der Waals surface area contributed by atoms with Crippen molar-refractivity contribution in [2.24, 2.45) is 0 Å². The predicted molar refractivity (Wildman–Crippen MR) is 82.6 cm³/mol. The minimum atomic E-state index is -0.373. The molecule has 1 N–H and O–H groups in total. The van der Waals surface area contributed by atoms with Crippen molar-refractivity contribution >= 4 is 29.1 Å². The van der Waals surface area contributed by atoms with Crippen LogP contribution in [-0.4, -0.2) is 42.6 Å². The fourth-order valence-electron chi connectivity index (χ4n) is 2.42. The molecule has 1 saturated heterocycles. The van der Waals surface area contributed by atoms with Crippen LogP contribution in [0, 0.1) is 0 Å². The molecule has 1 aliphatic heterocycles. The van der Waals surface area contributed by atoms with Gasteiger partial charge in [0.25, 0.3) is 5.91 Å². The lowest BCUT2D eigenvalue weighted by molar-refractivity contribution is -0.138. The summed E-state index contributed by atoms with van der Waals surface area (Å²) in [4.78, 5) is 14.3. The predicted octanol–water partition coefficient (Wildman–Crippen LogP) is 2.47. The first-order chi connectivity index (χ1) is 10.1. The summed E-state index contributed by atoms with van der Waals surface area (Å²) in [5, 5.41) is 4.12. The molecule has 1 aromatic rings. The lowest BCUT2D eigenvalue weighted by Gasteiger charge is -2.32. The van der Waals surface area contributed by atoms with Crippen LogP contribution in [0.15, 0.2) is 18.2 Å². The maximum Gasteiger partial charge on any atom is 0.250 e. The van der Waals surface area contributed by atoms with Gasteiger partial charge in [-0.25, -0.2) is 0 Å². The molecule has 2 fully saturated rings. The van der Waals surface area contributed by atoms with Crippen LogP contribution in [0.4, 0.5) is 0 Å². The minimum Gasteiger partial charge on any atom is -0.366 e. The van der Waals surface area contributed by atoms with E-state index in [-0.39, 0.29) is 12.0 Å². The lowest BCUT2D eigenvalue weighted by atomic mass is 10.2. The van der Waals surface area contributed by atoms with E-state index in [0.29, 0.717) is 29.2 Å². The Labute approximate surface area is 134 Å². The van der Waals surface area contributed by atoms with Crippen molar-refractivity contribution in [3.8, 4) is 0 Å². The number of rotatable bonds is 4. The molecule has 1 atom stereocenters. The third-order valence-electron chi connectivity index (χ3n) is 3.76. The minimum absolute atomic E-state index is 0.0105. The van der Waals surface area contributed by atoms with Gasteiger partial charge in [0.05, 0.1) is 16.7 Å². The molecule has 0 radical (unpaired) electrons. The Hall–Kier alpha value is -0.810. The molecule has 6 heteroatoms. The average Bonchev–Trinajstić information content (AvgIpc) is 3.27. The molecule has 0 spiro atoms. The molecule has 2 aliphatic rings. The number of nitrogens with zero attached hydrogens (tertiary/aromatic N) is 1. The van der Waals surface area contributed by atoms with Crippen LogP contribution in [0.3, 0.4) is 0 Å². The zero-order chi connectivity index (χ0) is 14.8. The summed E-state index contributed by atoms with van der Waals surface area (Å²) in [5.74, 6) is 0.0105. The Morgan fingerprint density at radius 3 is 2.86 bits per heavy atom. The molecule has 0 bridgehead atoms. The third-order valence-corrected chi connectivity index (χ3v) is 4.50. The zero-order valence-electron chi connectivity index (χ0n) is 11.6. The first kappa shape index (κ1) is 15.1. The number of amides is 1. The molecule has 3 rings (SSSR count). The fraction of sp³-hybridized carbons (Fsp3) is 0.533. The van der Waals surface area contributed by atoms with E-state index in [1.165, 1.54) is 0 Å². The topological polar surface area (TPSA) is 41.6 Å². The first-order valence-electron chi connectivity index (χ1n) is 7.20. The number of morpholine rings is 1. The van der Waals surface area contributed by atoms with E-state index >= 15 is 0 Å². The van der Waals surface area contributed by atoms with E-state index < -0.39 is 0 Å². The second-order valence-corrected chi connectivity index (χ2v) is 6.44. The van der Waals surface area contributed by atoms with Crippen LogP contribution in [0.5, 0.6) is 0 Å². The second kappa shape index (κ2) is 6.53. The van der Waals surface area contributed by atoms with Gasteiger partial charge in [-0.3, -0.25) is 9.69 Å². The van der Waals surface area contributed by atoms with Gasteiger partial charge in [0.2, 0.25) is 0 Å². The van der Waals surface area contributed by atoms with E-state index in [2.05, 4.69) is 10.2 Å². The van der Waals surface area contributed by atoms with Crippen LogP contribution in [0.1, 0.15) is 18.4 Å². The molecule has 1 aromatic carbocycles.